The first-order valence-electron chi connectivity index (χ1n) is 8.09. The van der Waals surface area contributed by atoms with E-state index < -0.39 is 22.8 Å². The molecular weight excluding hydrogens is 312 g/mol. The van der Waals surface area contributed by atoms with E-state index in [4.69, 9.17) is 10.2 Å². The molecule has 0 unspecified atom stereocenters. The summed E-state index contributed by atoms with van der Waals surface area (Å²) in [5.41, 5.74) is -0.804. The van der Waals surface area contributed by atoms with Gasteiger partial charge >= 0.3 is 11.9 Å². The molecule has 0 heterocycles. The molecule has 0 spiro atoms. The number of carbonyl (C=O) groups excluding carboxylic acids is 2. The number of rotatable bonds is 5. The van der Waals surface area contributed by atoms with Gasteiger partial charge in [0.25, 0.3) is 0 Å². The fourth-order valence-electron chi connectivity index (χ4n) is 0.890. The predicted molar refractivity (Wildman–Crippen MR) is 94.0 cm³/mol. The number of hydrogen-bond donors (Lipinski definition) is 2. The van der Waals surface area contributed by atoms with E-state index in [1.54, 1.807) is 6.92 Å². The van der Waals surface area contributed by atoms with Gasteiger partial charge in [-0.2, -0.15) is 0 Å². The maximum atomic E-state index is 11.5. The Bertz CT molecular complexity index is 386. The number of aliphatic carboxylic acids is 2. The van der Waals surface area contributed by atoms with Crippen molar-refractivity contribution in [1.82, 2.24) is 0 Å². The molecule has 0 aromatic rings. The zero-order chi connectivity index (χ0) is 20.1. The zero-order valence-electron chi connectivity index (χ0n) is 16.4. The van der Waals surface area contributed by atoms with Crippen molar-refractivity contribution in [2.24, 2.45) is 10.8 Å². The van der Waals surface area contributed by atoms with Crippen LogP contribution in [0.25, 0.3) is 0 Å². The molecule has 0 bridgehead atoms. The molecule has 0 rings (SSSR count). The van der Waals surface area contributed by atoms with Crippen LogP contribution in [0.5, 0.6) is 0 Å². The molecule has 0 saturated heterocycles. The number of ketones is 2. The van der Waals surface area contributed by atoms with Gasteiger partial charge in [0.15, 0.2) is 0 Å². The number of carbonyl (C=O) groups is 4. The van der Waals surface area contributed by atoms with Crippen molar-refractivity contribution in [3.63, 3.8) is 0 Å². The first-order valence-corrected chi connectivity index (χ1v) is 8.09. The first-order chi connectivity index (χ1) is 10.6. The van der Waals surface area contributed by atoms with Crippen LogP contribution in [0.2, 0.25) is 0 Å². The van der Waals surface area contributed by atoms with E-state index in [0.717, 1.165) is 6.42 Å². The second kappa shape index (κ2) is 12.7. The molecule has 0 atom stereocenters. The van der Waals surface area contributed by atoms with Gasteiger partial charge in [0.05, 0.1) is 6.42 Å². The number of hydrogen-bond acceptors (Lipinski definition) is 4. The summed E-state index contributed by atoms with van der Waals surface area (Å²) in [5, 5.41) is 15.6. The van der Waals surface area contributed by atoms with Crippen molar-refractivity contribution in [1.29, 1.82) is 0 Å². The van der Waals surface area contributed by atoms with Gasteiger partial charge < -0.3 is 10.2 Å². The van der Waals surface area contributed by atoms with Crippen molar-refractivity contribution < 1.29 is 29.4 Å². The Morgan fingerprint density at radius 2 is 1.00 bits per heavy atom. The standard InChI is InChI=1S/C11H20O2.C4H8O2.C3H6O2/c1-10(2,3)8(12)7-9(13)11(4,5)6;1-2-3-4(5)6;1-2-3(4)5/h7H2,1-6H3;2-3H2,1H3,(H,5,6);2H2,1H3,(H,4,5). The molecule has 24 heavy (non-hydrogen) atoms. The third-order valence-electron chi connectivity index (χ3n) is 2.76. The molecule has 0 fully saturated rings. The highest BCUT2D eigenvalue weighted by molar-refractivity contribution is 6.03. The lowest BCUT2D eigenvalue weighted by Crippen LogP contribution is -2.28. The van der Waals surface area contributed by atoms with Crippen molar-refractivity contribution >= 4 is 23.5 Å². The predicted octanol–water partition coefficient (Wildman–Crippen LogP) is 3.96. The maximum Gasteiger partial charge on any atom is 0.303 e. The fourth-order valence-corrected chi connectivity index (χ4v) is 0.890. The molecule has 6 nitrogen and oxygen atoms in total. The average Bonchev–Trinajstić information content (AvgIpc) is 2.37. The average molecular weight is 346 g/mol. The smallest absolute Gasteiger partial charge is 0.303 e. The highest BCUT2D eigenvalue weighted by Crippen LogP contribution is 2.22. The zero-order valence-corrected chi connectivity index (χ0v) is 16.4. The van der Waals surface area contributed by atoms with Crippen LogP contribution in [0.4, 0.5) is 0 Å². The van der Waals surface area contributed by atoms with Crippen LogP contribution < -0.4 is 0 Å². The normalized spacial score (nSPS) is 10.5. The minimum atomic E-state index is -0.745. The first kappa shape index (κ1) is 27.1. The minimum Gasteiger partial charge on any atom is -0.481 e. The molecule has 0 saturated carbocycles. The van der Waals surface area contributed by atoms with Gasteiger partial charge in [-0.3, -0.25) is 19.2 Å². The van der Waals surface area contributed by atoms with Gasteiger partial charge in [-0.25, -0.2) is 0 Å². The lowest BCUT2D eigenvalue weighted by Gasteiger charge is -2.20. The molecule has 0 radical (unpaired) electrons. The summed E-state index contributed by atoms with van der Waals surface area (Å²) in [5.74, 6) is -1.41. The Morgan fingerprint density at radius 1 is 0.708 bits per heavy atom. The molecule has 2 N–H and O–H groups in total. The summed E-state index contributed by atoms with van der Waals surface area (Å²) >= 11 is 0. The van der Waals surface area contributed by atoms with Gasteiger partial charge in [0.2, 0.25) is 0 Å². The molecule has 0 aromatic heterocycles. The topological polar surface area (TPSA) is 109 Å². The van der Waals surface area contributed by atoms with Crippen molar-refractivity contribution in [2.45, 2.75) is 81.1 Å². The van der Waals surface area contributed by atoms with Crippen LogP contribution in [-0.4, -0.2) is 33.7 Å². The summed E-state index contributed by atoms with van der Waals surface area (Å²) < 4.78 is 0. The van der Waals surface area contributed by atoms with E-state index in [2.05, 4.69) is 0 Å². The number of carboxylic acids is 2. The monoisotopic (exact) mass is 346 g/mol. The van der Waals surface area contributed by atoms with Crippen LogP contribution >= 0.6 is 0 Å². The van der Waals surface area contributed by atoms with E-state index in [9.17, 15) is 19.2 Å². The van der Waals surface area contributed by atoms with Crippen LogP contribution in [0.15, 0.2) is 0 Å². The molecule has 0 aromatic carbocycles. The third-order valence-corrected chi connectivity index (χ3v) is 2.76. The Kier molecular flexibility index (Phi) is 14.3. The van der Waals surface area contributed by atoms with Crippen molar-refractivity contribution in [3.8, 4) is 0 Å². The lowest BCUT2D eigenvalue weighted by atomic mass is 9.82. The van der Waals surface area contributed by atoms with E-state index in [-0.39, 0.29) is 24.4 Å². The Labute approximate surface area is 145 Å². The highest BCUT2D eigenvalue weighted by atomic mass is 16.4. The molecule has 142 valence electrons. The highest BCUT2D eigenvalue weighted by Gasteiger charge is 2.28. The Balaban J connectivity index is -0.000000332. The maximum absolute atomic E-state index is 11.5. The summed E-state index contributed by atoms with van der Waals surface area (Å²) in [6.45, 7) is 14.5. The summed E-state index contributed by atoms with van der Waals surface area (Å²) in [7, 11) is 0. The fraction of sp³-hybridized carbons (Fsp3) is 0.778. The van der Waals surface area contributed by atoms with Gasteiger partial charge in [0.1, 0.15) is 11.6 Å². The summed E-state index contributed by atoms with van der Waals surface area (Å²) in [6, 6.07) is 0. The third kappa shape index (κ3) is 20.3. The van der Waals surface area contributed by atoms with E-state index >= 15 is 0 Å². The Hall–Kier alpha value is -1.72. The SMILES string of the molecule is CC(C)(C)C(=O)CC(=O)C(C)(C)C.CCC(=O)O.CCCC(=O)O. The molecular formula is C18H34O6. The molecule has 0 aliphatic carbocycles. The molecule has 0 aliphatic rings. The van der Waals surface area contributed by atoms with Crippen LogP contribution in [0.1, 0.15) is 81.1 Å². The second-order valence-electron chi connectivity index (χ2n) is 7.41. The van der Waals surface area contributed by atoms with Gasteiger partial charge in [-0.15, -0.1) is 0 Å². The van der Waals surface area contributed by atoms with Gasteiger partial charge in [-0.05, 0) is 6.42 Å². The molecule has 0 amide bonds. The quantitative estimate of drug-likeness (QED) is 0.729. The summed E-state index contributed by atoms with van der Waals surface area (Å²) in [6.07, 6.45) is 1.31. The van der Waals surface area contributed by atoms with Crippen molar-refractivity contribution in [3.05, 3.63) is 0 Å². The largest absolute Gasteiger partial charge is 0.481 e. The summed E-state index contributed by atoms with van der Waals surface area (Å²) in [4.78, 5) is 42.0. The molecule has 0 aliphatic heterocycles. The number of carboxylic acid groups (broad SMARTS) is 2. The van der Waals surface area contributed by atoms with Crippen molar-refractivity contribution in [2.75, 3.05) is 0 Å². The lowest BCUT2D eigenvalue weighted by molar-refractivity contribution is -0.137. The van der Waals surface area contributed by atoms with Crippen LogP contribution in [-0.2, 0) is 19.2 Å². The molecule has 6 heteroatoms. The minimum absolute atomic E-state index is 0.0208. The van der Waals surface area contributed by atoms with E-state index in [1.807, 2.05) is 48.5 Å². The Morgan fingerprint density at radius 3 is 1.08 bits per heavy atom. The van der Waals surface area contributed by atoms with Gasteiger partial charge in [0, 0.05) is 23.7 Å². The second-order valence-corrected chi connectivity index (χ2v) is 7.41. The van der Waals surface area contributed by atoms with E-state index in [1.165, 1.54) is 0 Å². The van der Waals surface area contributed by atoms with Gasteiger partial charge in [-0.1, -0.05) is 55.4 Å². The van der Waals surface area contributed by atoms with Crippen LogP contribution in [0.3, 0.4) is 0 Å². The number of Topliss-reactive ketones (excluding diaryl/α,β-unsaturated/α-hetero) is 2. The van der Waals surface area contributed by atoms with E-state index in [0.29, 0.717) is 6.42 Å². The van der Waals surface area contributed by atoms with Crippen LogP contribution in [0, 0.1) is 10.8 Å².